The first-order valence-corrected chi connectivity index (χ1v) is 8.97. The smallest absolute Gasteiger partial charge is 0.221 e. The molecule has 1 amide bonds. The highest BCUT2D eigenvalue weighted by molar-refractivity contribution is 5.88. The normalized spacial score (nSPS) is 11.5. The molecular formula is C19H32N4O2. The zero-order chi connectivity index (χ0) is 18.5. The summed E-state index contributed by atoms with van der Waals surface area (Å²) in [7, 11) is 0. The molecule has 0 bridgehead atoms. The lowest BCUT2D eigenvalue weighted by Gasteiger charge is -2.12. The second-order valence-electron chi connectivity index (χ2n) is 6.33. The van der Waals surface area contributed by atoms with Crippen LogP contribution in [-0.2, 0) is 16.1 Å². The molecule has 6 heteroatoms. The van der Waals surface area contributed by atoms with Crippen LogP contribution in [0.3, 0.4) is 0 Å². The van der Waals surface area contributed by atoms with E-state index in [2.05, 4.69) is 34.8 Å². The molecule has 0 aliphatic rings. The van der Waals surface area contributed by atoms with E-state index >= 15 is 0 Å². The van der Waals surface area contributed by atoms with Gasteiger partial charge in [0, 0.05) is 38.9 Å². The highest BCUT2D eigenvalue weighted by Crippen LogP contribution is 2.11. The second kappa shape index (κ2) is 12.3. The van der Waals surface area contributed by atoms with Crippen molar-refractivity contribution in [1.29, 1.82) is 0 Å². The topological polar surface area (TPSA) is 74.8 Å². The van der Waals surface area contributed by atoms with E-state index in [9.17, 15) is 4.79 Å². The molecule has 0 saturated carbocycles. The number of anilines is 1. The lowest BCUT2D eigenvalue weighted by molar-refractivity contribution is -0.114. The van der Waals surface area contributed by atoms with Crippen molar-refractivity contribution in [2.24, 2.45) is 10.9 Å². The van der Waals surface area contributed by atoms with E-state index in [1.807, 2.05) is 31.2 Å². The van der Waals surface area contributed by atoms with Crippen LogP contribution < -0.4 is 16.0 Å². The maximum Gasteiger partial charge on any atom is 0.221 e. The number of hydrogen-bond acceptors (Lipinski definition) is 3. The Hall–Kier alpha value is -2.08. The van der Waals surface area contributed by atoms with Crippen LogP contribution in [0, 0.1) is 5.92 Å². The minimum absolute atomic E-state index is 0.0738. The lowest BCUT2D eigenvalue weighted by atomic mass is 10.2. The largest absolute Gasteiger partial charge is 0.381 e. The lowest BCUT2D eigenvalue weighted by Crippen LogP contribution is -2.38. The molecule has 25 heavy (non-hydrogen) atoms. The third-order valence-electron chi connectivity index (χ3n) is 3.22. The Morgan fingerprint density at radius 1 is 1.28 bits per heavy atom. The van der Waals surface area contributed by atoms with Crippen molar-refractivity contribution >= 4 is 17.6 Å². The summed E-state index contributed by atoms with van der Waals surface area (Å²) >= 11 is 0. The maximum absolute atomic E-state index is 11.1. The third kappa shape index (κ3) is 10.4. The average Bonchev–Trinajstić information content (AvgIpc) is 2.55. The predicted octanol–water partition coefficient (Wildman–Crippen LogP) is 2.76. The summed E-state index contributed by atoms with van der Waals surface area (Å²) in [5.41, 5.74) is 1.84. The Bertz CT molecular complexity index is 544. The third-order valence-corrected chi connectivity index (χ3v) is 3.22. The number of carbonyl (C=O) groups excluding carboxylic acids is 1. The van der Waals surface area contributed by atoms with Crippen LogP contribution in [0.25, 0.3) is 0 Å². The van der Waals surface area contributed by atoms with E-state index in [0.717, 1.165) is 49.9 Å². The van der Waals surface area contributed by atoms with Gasteiger partial charge < -0.3 is 20.7 Å². The number of nitrogens with zero attached hydrogens (tertiary/aromatic N) is 1. The zero-order valence-corrected chi connectivity index (χ0v) is 15.9. The average molecular weight is 348 g/mol. The number of guanidine groups is 1. The van der Waals surface area contributed by atoms with E-state index < -0.39 is 0 Å². The molecule has 0 saturated heterocycles. The van der Waals surface area contributed by atoms with Gasteiger partial charge in [0.25, 0.3) is 0 Å². The number of hydrogen-bond donors (Lipinski definition) is 3. The molecule has 0 aromatic heterocycles. The van der Waals surface area contributed by atoms with E-state index in [0.29, 0.717) is 12.5 Å². The van der Waals surface area contributed by atoms with Gasteiger partial charge in [0.15, 0.2) is 5.96 Å². The van der Waals surface area contributed by atoms with Gasteiger partial charge in [-0.2, -0.15) is 0 Å². The summed E-state index contributed by atoms with van der Waals surface area (Å²) in [6.07, 6.45) is 0.940. The van der Waals surface area contributed by atoms with Gasteiger partial charge in [-0.1, -0.05) is 26.0 Å². The van der Waals surface area contributed by atoms with Crippen LogP contribution in [0.5, 0.6) is 0 Å². The molecule has 6 nitrogen and oxygen atoms in total. The van der Waals surface area contributed by atoms with Gasteiger partial charge in [-0.05, 0) is 37.0 Å². The molecule has 1 rings (SSSR count). The molecular weight excluding hydrogens is 316 g/mol. The fourth-order valence-corrected chi connectivity index (χ4v) is 2.16. The fourth-order valence-electron chi connectivity index (χ4n) is 2.16. The Labute approximate surface area is 151 Å². The van der Waals surface area contributed by atoms with Gasteiger partial charge in [0.2, 0.25) is 5.91 Å². The van der Waals surface area contributed by atoms with Crippen molar-refractivity contribution in [1.82, 2.24) is 10.6 Å². The van der Waals surface area contributed by atoms with E-state index in [1.165, 1.54) is 6.92 Å². The molecule has 0 aliphatic heterocycles. The Morgan fingerprint density at radius 3 is 2.76 bits per heavy atom. The highest BCUT2D eigenvalue weighted by atomic mass is 16.5. The van der Waals surface area contributed by atoms with Gasteiger partial charge in [-0.15, -0.1) is 0 Å². The molecule has 1 aromatic rings. The monoisotopic (exact) mass is 348 g/mol. The van der Waals surface area contributed by atoms with Gasteiger partial charge in [0.05, 0.1) is 6.54 Å². The summed E-state index contributed by atoms with van der Waals surface area (Å²) in [4.78, 5) is 15.7. The van der Waals surface area contributed by atoms with Crippen molar-refractivity contribution in [2.75, 3.05) is 31.6 Å². The van der Waals surface area contributed by atoms with Gasteiger partial charge >= 0.3 is 0 Å². The highest BCUT2D eigenvalue weighted by Gasteiger charge is 2.00. The number of rotatable bonds is 10. The number of benzene rings is 1. The van der Waals surface area contributed by atoms with Crippen LogP contribution in [0.15, 0.2) is 29.3 Å². The SMILES string of the molecule is CCNC(=NCc1cccc(NC(C)=O)c1)NCCCOCC(C)C. The summed E-state index contributed by atoms with van der Waals surface area (Å²) in [6, 6.07) is 7.73. The molecule has 0 radical (unpaired) electrons. The van der Waals surface area contributed by atoms with Crippen LogP contribution in [-0.4, -0.2) is 38.2 Å². The minimum Gasteiger partial charge on any atom is -0.381 e. The first-order chi connectivity index (χ1) is 12.0. The number of nitrogens with one attached hydrogen (secondary N) is 3. The predicted molar refractivity (Wildman–Crippen MR) is 104 cm³/mol. The summed E-state index contributed by atoms with van der Waals surface area (Å²) in [5.74, 6) is 1.28. The van der Waals surface area contributed by atoms with E-state index in [1.54, 1.807) is 0 Å². The second-order valence-corrected chi connectivity index (χ2v) is 6.33. The van der Waals surface area contributed by atoms with Crippen LogP contribution in [0.2, 0.25) is 0 Å². The van der Waals surface area contributed by atoms with Gasteiger partial charge in [-0.3, -0.25) is 4.79 Å². The van der Waals surface area contributed by atoms with Crippen LogP contribution >= 0.6 is 0 Å². The molecule has 0 unspecified atom stereocenters. The Morgan fingerprint density at radius 2 is 2.08 bits per heavy atom. The molecule has 0 aliphatic carbocycles. The van der Waals surface area contributed by atoms with Crippen molar-refractivity contribution in [3.05, 3.63) is 29.8 Å². The molecule has 0 fully saturated rings. The first-order valence-electron chi connectivity index (χ1n) is 8.97. The van der Waals surface area contributed by atoms with Crippen molar-refractivity contribution in [2.45, 2.75) is 40.7 Å². The van der Waals surface area contributed by atoms with E-state index in [-0.39, 0.29) is 5.91 Å². The molecule has 0 spiro atoms. The summed E-state index contributed by atoms with van der Waals surface area (Å²) < 4.78 is 5.58. The zero-order valence-electron chi connectivity index (χ0n) is 15.9. The standard InChI is InChI=1S/C19H32N4O2/c1-5-20-19(21-10-7-11-25-14-15(2)3)22-13-17-8-6-9-18(12-17)23-16(4)24/h6,8-9,12,15H,5,7,10-11,13-14H2,1-4H3,(H,23,24)(H2,20,21,22). The molecule has 0 heterocycles. The summed E-state index contributed by atoms with van der Waals surface area (Å²) in [6.45, 7) is 11.6. The Kier molecular flexibility index (Phi) is 10.3. The minimum atomic E-state index is -0.0738. The quantitative estimate of drug-likeness (QED) is 0.345. The van der Waals surface area contributed by atoms with Crippen molar-refractivity contribution in [3.8, 4) is 0 Å². The van der Waals surface area contributed by atoms with Crippen LogP contribution in [0.1, 0.15) is 39.7 Å². The molecule has 140 valence electrons. The van der Waals surface area contributed by atoms with Crippen molar-refractivity contribution in [3.63, 3.8) is 0 Å². The number of amides is 1. The van der Waals surface area contributed by atoms with Gasteiger partial charge in [0.1, 0.15) is 0 Å². The molecule has 1 aromatic carbocycles. The number of carbonyl (C=O) groups is 1. The van der Waals surface area contributed by atoms with Crippen LogP contribution in [0.4, 0.5) is 5.69 Å². The van der Waals surface area contributed by atoms with Gasteiger partial charge in [-0.25, -0.2) is 4.99 Å². The summed E-state index contributed by atoms with van der Waals surface area (Å²) in [5, 5.41) is 9.34. The maximum atomic E-state index is 11.1. The van der Waals surface area contributed by atoms with Crippen molar-refractivity contribution < 1.29 is 9.53 Å². The molecule has 3 N–H and O–H groups in total. The first kappa shape index (κ1) is 21.0. The number of aliphatic imine (C=N–C) groups is 1. The molecule has 0 atom stereocenters. The number of ether oxygens (including phenoxy) is 1. The van der Waals surface area contributed by atoms with E-state index in [4.69, 9.17) is 4.74 Å². The fraction of sp³-hybridized carbons (Fsp3) is 0.579. The Balaban J connectivity index is 2.45.